The molecule has 1 unspecified atom stereocenters. The van der Waals surface area contributed by atoms with E-state index in [1.54, 1.807) is 35.2 Å². The molecule has 1 aliphatic carbocycles. The molecular formula is C22H21NO6. The summed E-state index contributed by atoms with van der Waals surface area (Å²) in [5.41, 5.74) is 0.448. The zero-order valence-corrected chi connectivity index (χ0v) is 15.8. The number of amides is 1. The number of likely N-dealkylation sites (tertiary alicyclic amines) is 1. The van der Waals surface area contributed by atoms with Crippen molar-refractivity contribution in [3.8, 4) is 11.5 Å². The normalized spacial score (nSPS) is 23.7. The molecule has 7 heteroatoms. The van der Waals surface area contributed by atoms with E-state index in [4.69, 9.17) is 13.9 Å². The number of hydrogen-bond acceptors (Lipinski definition) is 6. The fraction of sp³-hybridized carbons (Fsp3) is 0.364. The van der Waals surface area contributed by atoms with E-state index < -0.39 is 17.7 Å². The van der Waals surface area contributed by atoms with E-state index >= 15 is 0 Å². The van der Waals surface area contributed by atoms with Crippen LogP contribution >= 0.6 is 0 Å². The number of fused-ring (bicyclic) bond motifs is 1. The number of nitrogens with zero attached hydrogens (tertiary/aromatic N) is 1. The monoisotopic (exact) mass is 395 g/mol. The lowest BCUT2D eigenvalue weighted by Crippen LogP contribution is -2.37. The topological polar surface area (TPSA) is 89.2 Å². The summed E-state index contributed by atoms with van der Waals surface area (Å²) in [4.78, 5) is 27.5. The molecule has 1 atom stereocenters. The van der Waals surface area contributed by atoms with Crippen molar-refractivity contribution in [1.29, 1.82) is 0 Å². The second-order valence-electron chi connectivity index (χ2n) is 7.52. The van der Waals surface area contributed by atoms with Crippen molar-refractivity contribution in [3.63, 3.8) is 0 Å². The molecule has 5 rings (SSSR count). The van der Waals surface area contributed by atoms with E-state index in [1.165, 1.54) is 6.26 Å². The van der Waals surface area contributed by atoms with E-state index in [1.807, 2.05) is 0 Å². The molecule has 150 valence electrons. The van der Waals surface area contributed by atoms with Gasteiger partial charge in [0, 0.05) is 11.6 Å². The third kappa shape index (κ3) is 2.88. The van der Waals surface area contributed by atoms with E-state index in [2.05, 4.69) is 0 Å². The van der Waals surface area contributed by atoms with Crippen molar-refractivity contribution in [2.24, 2.45) is 0 Å². The molecule has 1 saturated heterocycles. The largest absolute Gasteiger partial charge is 0.507 e. The fourth-order valence-electron chi connectivity index (χ4n) is 4.48. The maximum absolute atomic E-state index is 13.0. The van der Waals surface area contributed by atoms with Crippen LogP contribution in [0, 0.1) is 0 Å². The lowest BCUT2D eigenvalue weighted by Gasteiger charge is -2.29. The molecule has 0 radical (unpaired) electrons. The van der Waals surface area contributed by atoms with Gasteiger partial charge in [0.05, 0.1) is 11.8 Å². The Labute approximate surface area is 167 Å². The molecule has 0 spiro atoms. The maximum atomic E-state index is 13.0. The van der Waals surface area contributed by atoms with Crippen molar-refractivity contribution < 1.29 is 28.6 Å². The number of furan rings is 1. The Balaban J connectivity index is 1.63. The number of aliphatic hydroxyl groups is 1. The molecule has 2 fully saturated rings. The first-order chi connectivity index (χ1) is 14.1. The highest BCUT2D eigenvalue weighted by atomic mass is 16.6. The molecule has 29 heavy (non-hydrogen) atoms. The van der Waals surface area contributed by atoms with Gasteiger partial charge in [-0.15, -0.1) is 0 Å². The van der Waals surface area contributed by atoms with Gasteiger partial charge >= 0.3 is 0 Å². The summed E-state index contributed by atoms with van der Waals surface area (Å²) in [5, 5.41) is 11.1. The van der Waals surface area contributed by atoms with Gasteiger partial charge < -0.3 is 23.9 Å². The predicted octanol–water partition coefficient (Wildman–Crippen LogP) is 3.42. The number of rotatable bonds is 3. The molecule has 2 aromatic rings. The average molecular weight is 395 g/mol. The number of benzene rings is 1. The number of carbonyl (C=O) groups is 2. The quantitative estimate of drug-likeness (QED) is 0.487. The minimum absolute atomic E-state index is 0.0351. The third-order valence-electron chi connectivity index (χ3n) is 5.83. The third-order valence-corrected chi connectivity index (χ3v) is 5.83. The lowest BCUT2D eigenvalue weighted by atomic mass is 9.98. The molecule has 1 aromatic carbocycles. The minimum atomic E-state index is -0.735. The van der Waals surface area contributed by atoms with Crippen LogP contribution in [-0.4, -0.2) is 41.0 Å². The van der Waals surface area contributed by atoms with Crippen molar-refractivity contribution in [2.75, 3.05) is 13.2 Å². The zero-order chi connectivity index (χ0) is 20.0. The first kappa shape index (κ1) is 17.8. The number of aliphatic hydroxyl groups excluding tert-OH is 1. The Hall–Kier alpha value is -3.22. The van der Waals surface area contributed by atoms with Gasteiger partial charge in [0.25, 0.3) is 11.7 Å². The summed E-state index contributed by atoms with van der Waals surface area (Å²) in [6.45, 7) is 0.874. The lowest BCUT2D eigenvalue weighted by molar-refractivity contribution is -0.141. The van der Waals surface area contributed by atoms with Crippen molar-refractivity contribution in [3.05, 3.63) is 53.5 Å². The van der Waals surface area contributed by atoms with Gasteiger partial charge in [-0.2, -0.15) is 0 Å². The first-order valence-corrected chi connectivity index (χ1v) is 9.88. The summed E-state index contributed by atoms with van der Waals surface area (Å²) >= 11 is 0. The highest BCUT2D eigenvalue weighted by molar-refractivity contribution is 6.46. The van der Waals surface area contributed by atoms with E-state index in [0.29, 0.717) is 36.0 Å². The number of Topliss-reactive ketones (excluding diaryl/α,β-unsaturated/α-hetero) is 1. The summed E-state index contributed by atoms with van der Waals surface area (Å²) < 4.78 is 16.7. The van der Waals surface area contributed by atoms with Crippen LogP contribution < -0.4 is 9.47 Å². The Morgan fingerprint density at radius 2 is 1.79 bits per heavy atom. The second-order valence-corrected chi connectivity index (χ2v) is 7.52. The summed E-state index contributed by atoms with van der Waals surface area (Å²) in [6, 6.07) is 7.66. The Bertz CT molecular complexity index is 987. The van der Waals surface area contributed by atoms with Gasteiger partial charge in [-0.3, -0.25) is 9.59 Å². The number of ether oxygens (including phenoxy) is 2. The summed E-state index contributed by atoms with van der Waals surface area (Å²) in [5.74, 6) is 0.0437. The summed E-state index contributed by atoms with van der Waals surface area (Å²) in [7, 11) is 0. The second kappa shape index (κ2) is 6.99. The highest BCUT2D eigenvalue weighted by Crippen LogP contribution is 2.44. The van der Waals surface area contributed by atoms with Gasteiger partial charge in [-0.1, -0.05) is 12.8 Å². The fourth-order valence-corrected chi connectivity index (χ4v) is 4.48. The molecule has 1 aromatic heterocycles. The molecule has 0 bridgehead atoms. The van der Waals surface area contributed by atoms with Gasteiger partial charge in [0.1, 0.15) is 30.8 Å². The molecule has 3 aliphatic rings. The molecule has 1 amide bonds. The number of carbonyl (C=O) groups excluding carboxylic acids is 2. The maximum Gasteiger partial charge on any atom is 0.296 e. The predicted molar refractivity (Wildman–Crippen MR) is 103 cm³/mol. The van der Waals surface area contributed by atoms with Gasteiger partial charge in [0.2, 0.25) is 0 Å². The van der Waals surface area contributed by atoms with Crippen LogP contribution in [0.2, 0.25) is 0 Å². The van der Waals surface area contributed by atoms with Crippen molar-refractivity contribution >= 4 is 17.4 Å². The van der Waals surface area contributed by atoms with Crippen LogP contribution in [0.3, 0.4) is 0 Å². The Kier molecular flexibility index (Phi) is 4.30. The van der Waals surface area contributed by atoms with Gasteiger partial charge in [0.15, 0.2) is 11.5 Å². The Morgan fingerprint density at radius 3 is 2.52 bits per heavy atom. The molecular weight excluding hydrogens is 374 g/mol. The highest BCUT2D eigenvalue weighted by Gasteiger charge is 2.50. The molecule has 3 heterocycles. The molecule has 1 saturated carbocycles. The van der Waals surface area contributed by atoms with Crippen molar-refractivity contribution in [1.82, 2.24) is 4.90 Å². The van der Waals surface area contributed by atoms with E-state index in [0.717, 1.165) is 25.7 Å². The van der Waals surface area contributed by atoms with Crippen LogP contribution in [-0.2, 0) is 9.59 Å². The van der Waals surface area contributed by atoms with Crippen LogP contribution in [0.4, 0.5) is 0 Å². The van der Waals surface area contributed by atoms with Crippen molar-refractivity contribution in [2.45, 2.75) is 37.8 Å². The molecule has 1 N–H and O–H groups in total. The minimum Gasteiger partial charge on any atom is -0.507 e. The SMILES string of the molecule is O=C1C(=O)N(C2CCCC2)C(c2ccco2)/C1=C(/O)c1ccc2c(c1)OCCO2. The number of ketones is 1. The average Bonchev–Trinajstić information content (AvgIpc) is 3.49. The van der Waals surface area contributed by atoms with Crippen LogP contribution in [0.5, 0.6) is 11.5 Å². The van der Waals surface area contributed by atoms with Crippen LogP contribution in [0.15, 0.2) is 46.6 Å². The van der Waals surface area contributed by atoms with E-state index in [-0.39, 0.29) is 17.4 Å². The van der Waals surface area contributed by atoms with Gasteiger partial charge in [-0.25, -0.2) is 0 Å². The van der Waals surface area contributed by atoms with Crippen LogP contribution in [0.1, 0.15) is 43.0 Å². The smallest absolute Gasteiger partial charge is 0.296 e. The van der Waals surface area contributed by atoms with Gasteiger partial charge in [-0.05, 0) is 43.2 Å². The standard InChI is InChI=1S/C22H21NO6/c24-20(13-7-8-15-17(12-13)29-11-10-28-15)18-19(16-6-3-9-27-16)23(22(26)21(18)25)14-4-1-2-5-14/h3,6-9,12,14,19,24H,1-2,4-5,10-11H2/b20-18-. The van der Waals surface area contributed by atoms with E-state index in [9.17, 15) is 14.7 Å². The Morgan fingerprint density at radius 1 is 1.03 bits per heavy atom. The first-order valence-electron chi connectivity index (χ1n) is 9.88. The molecule has 7 nitrogen and oxygen atoms in total. The zero-order valence-electron chi connectivity index (χ0n) is 15.8. The van der Waals surface area contributed by atoms with Crippen LogP contribution in [0.25, 0.3) is 5.76 Å². The molecule has 2 aliphatic heterocycles. The summed E-state index contributed by atoms with van der Waals surface area (Å²) in [6.07, 6.45) is 5.22. The number of hydrogen-bond donors (Lipinski definition) is 1.